The van der Waals surface area contributed by atoms with Crippen molar-refractivity contribution in [1.82, 2.24) is 10.2 Å². The zero-order valence-electron chi connectivity index (χ0n) is 15.2. The average molecular weight is 300 g/mol. The summed E-state index contributed by atoms with van der Waals surface area (Å²) in [4.78, 5) is 14.7. The van der Waals surface area contributed by atoms with E-state index in [0.29, 0.717) is 18.6 Å². The lowest BCUT2D eigenvalue weighted by molar-refractivity contribution is -0.151. The van der Waals surface area contributed by atoms with Gasteiger partial charge in [0.15, 0.2) is 0 Å². The minimum absolute atomic E-state index is 0.133. The van der Waals surface area contributed by atoms with Gasteiger partial charge in [-0.3, -0.25) is 4.79 Å². The Bertz CT molecular complexity index is 293. The molecule has 0 aliphatic carbocycles. The van der Waals surface area contributed by atoms with Crippen LogP contribution in [0.5, 0.6) is 0 Å². The summed E-state index contributed by atoms with van der Waals surface area (Å²) in [5.74, 6) is 0.497. The molecule has 1 N–H and O–H groups in total. The van der Waals surface area contributed by atoms with Crippen LogP contribution in [0.25, 0.3) is 0 Å². The summed E-state index contributed by atoms with van der Waals surface area (Å²) in [6.45, 7) is 18.1. The molecule has 126 valence electrons. The number of rotatable bonds is 11. The molecule has 0 aromatic heterocycles. The third-order valence-electron chi connectivity index (χ3n) is 3.72. The van der Waals surface area contributed by atoms with E-state index >= 15 is 0 Å². The van der Waals surface area contributed by atoms with E-state index in [9.17, 15) is 4.79 Å². The fourth-order valence-electron chi connectivity index (χ4n) is 2.35. The van der Waals surface area contributed by atoms with Crippen molar-refractivity contribution >= 4 is 5.97 Å². The van der Waals surface area contributed by atoms with Gasteiger partial charge in [0.1, 0.15) is 5.54 Å². The molecule has 0 heterocycles. The van der Waals surface area contributed by atoms with Crippen LogP contribution < -0.4 is 5.32 Å². The number of nitrogens with one attached hydrogen (secondary N) is 1. The third-order valence-corrected chi connectivity index (χ3v) is 3.72. The molecule has 0 aromatic rings. The molecule has 0 amide bonds. The normalized spacial score (nSPS) is 14.8. The number of carbonyl (C=O) groups excluding carboxylic acids is 1. The molecule has 0 aliphatic heterocycles. The lowest BCUT2D eigenvalue weighted by Gasteiger charge is -2.34. The highest BCUT2D eigenvalue weighted by atomic mass is 16.5. The Balaban J connectivity index is 4.74. The largest absolute Gasteiger partial charge is 0.465 e. The Kier molecular flexibility index (Phi) is 9.88. The van der Waals surface area contributed by atoms with Gasteiger partial charge in [-0.25, -0.2) is 0 Å². The monoisotopic (exact) mass is 300 g/mol. The highest BCUT2D eigenvalue weighted by Crippen LogP contribution is 2.16. The molecule has 0 aliphatic rings. The highest BCUT2D eigenvalue weighted by molar-refractivity contribution is 5.80. The summed E-state index contributed by atoms with van der Waals surface area (Å²) >= 11 is 0. The first-order valence-corrected chi connectivity index (χ1v) is 8.43. The van der Waals surface area contributed by atoms with Crippen molar-refractivity contribution < 1.29 is 9.53 Å². The molecule has 0 spiro atoms. The minimum Gasteiger partial charge on any atom is -0.465 e. The van der Waals surface area contributed by atoms with Gasteiger partial charge in [0.2, 0.25) is 0 Å². The van der Waals surface area contributed by atoms with Crippen molar-refractivity contribution in [3.05, 3.63) is 0 Å². The van der Waals surface area contributed by atoms with Crippen LogP contribution in [0.2, 0.25) is 0 Å². The van der Waals surface area contributed by atoms with Crippen molar-refractivity contribution in [3.8, 4) is 0 Å². The first-order valence-electron chi connectivity index (χ1n) is 8.43. The second kappa shape index (κ2) is 10.2. The maximum Gasteiger partial charge on any atom is 0.326 e. The van der Waals surface area contributed by atoms with Gasteiger partial charge in [-0.15, -0.1) is 0 Å². The number of hydrogen-bond donors (Lipinski definition) is 1. The minimum atomic E-state index is -0.587. The molecule has 21 heavy (non-hydrogen) atoms. The van der Waals surface area contributed by atoms with Crippen LogP contribution in [0.1, 0.15) is 61.3 Å². The number of carbonyl (C=O) groups is 1. The molecule has 1 atom stereocenters. The van der Waals surface area contributed by atoms with E-state index < -0.39 is 5.54 Å². The highest BCUT2D eigenvalue weighted by Gasteiger charge is 2.34. The van der Waals surface area contributed by atoms with Gasteiger partial charge in [-0.2, -0.15) is 0 Å². The van der Waals surface area contributed by atoms with Gasteiger partial charge in [0, 0.05) is 19.1 Å². The van der Waals surface area contributed by atoms with Crippen LogP contribution in [0, 0.1) is 5.92 Å². The van der Waals surface area contributed by atoms with E-state index in [4.69, 9.17) is 4.74 Å². The van der Waals surface area contributed by atoms with Crippen LogP contribution in [-0.2, 0) is 9.53 Å². The van der Waals surface area contributed by atoms with Gasteiger partial charge in [-0.1, -0.05) is 20.8 Å². The average Bonchev–Trinajstić information content (AvgIpc) is 2.40. The summed E-state index contributed by atoms with van der Waals surface area (Å²) < 4.78 is 5.26. The molecule has 0 saturated carbocycles. The summed E-state index contributed by atoms with van der Waals surface area (Å²) in [7, 11) is 0. The molecule has 4 heteroatoms. The van der Waals surface area contributed by atoms with Crippen LogP contribution in [0.3, 0.4) is 0 Å². The van der Waals surface area contributed by atoms with Crippen LogP contribution in [-0.4, -0.2) is 48.7 Å². The summed E-state index contributed by atoms with van der Waals surface area (Å²) in [6, 6.07) is 0.491. The first kappa shape index (κ1) is 20.4. The molecule has 0 bridgehead atoms. The number of hydrogen-bond acceptors (Lipinski definition) is 4. The van der Waals surface area contributed by atoms with Gasteiger partial charge >= 0.3 is 5.97 Å². The fraction of sp³-hybridized carbons (Fsp3) is 0.941. The molecule has 4 nitrogen and oxygen atoms in total. The lowest BCUT2D eigenvalue weighted by Crippen LogP contribution is -2.53. The van der Waals surface area contributed by atoms with Crippen molar-refractivity contribution in [2.75, 3.05) is 26.2 Å². The predicted octanol–water partition coefficient (Wildman–Crippen LogP) is 3.06. The van der Waals surface area contributed by atoms with Crippen molar-refractivity contribution in [1.29, 1.82) is 0 Å². The molecular formula is C17H36N2O2. The van der Waals surface area contributed by atoms with E-state index in [2.05, 4.69) is 44.8 Å². The van der Waals surface area contributed by atoms with Gasteiger partial charge < -0.3 is 15.0 Å². The molecule has 1 unspecified atom stereocenters. The molecule has 0 saturated heterocycles. The second-order valence-corrected chi connectivity index (χ2v) is 6.71. The Labute approximate surface area is 131 Å². The molecule has 0 rings (SSSR count). The van der Waals surface area contributed by atoms with Crippen molar-refractivity contribution in [3.63, 3.8) is 0 Å². The van der Waals surface area contributed by atoms with E-state index in [-0.39, 0.29) is 5.97 Å². The topological polar surface area (TPSA) is 41.6 Å². The van der Waals surface area contributed by atoms with E-state index in [0.717, 1.165) is 32.5 Å². The van der Waals surface area contributed by atoms with E-state index in [1.165, 1.54) is 0 Å². The Morgan fingerprint density at radius 1 is 1.24 bits per heavy atom. The summed E-state index contributed by atoms with van der Waals surface area (Å²) in [5, 5.41) is 3.38. The molecule has 0 fully saturated rings. The number of ether oxygens (including phenoxy) is 1. The predicted molar refractivity (Wildman–Crippen MR) is 89.5 cm³/mol. The number of esters is 1. The molecule has 0 radical (unpaired) electrons. The van der Waals surface area contributed by atoms with Crippen molar-refractivity contribution in [2.45, 2.75) is 72.9 Å². The van der Waals surface area contributed by atoms with Crippen molar-refractivity contribution in [2.24, 2.45) is 5.92 Å². The van der Waals surface area contributed by atoms with Gasteiger partial charge in [-0.05, 0) is 53.0 Å². The maximum atomic E-state index is 12.3. The Morgan fingerprint density at radius 3 is 2.29 bits per heavy atom. The fourth-order valence-corrected chi connectivity index (χ4v) is 2.35. The van der Waals surface area contributed by atoms with E-state index in [1.54, 1.807) is 0 Å². The Hall–Kier alpha value is -0.610. The second-order valence-electron chi connectivity index (χ2n) is 6.71. The third kappa shape index (κ3) is 7.82. The van der Waals surface area contributed by atoms with E-state index in [1.807, 2.05) is 13.8 Å². The van der Waals surface area contributed by atoms with Crippen LogP contribution in [0.4, 0.5) is 0 Å². The Morgan fingerprint density at radius 2 is 1.86 bits per heavy atom. The van der Waals surface area contributed by atoms with Gasteiger partial charge in [0.05, 0.1) is 6.61 Å². The zero-order valence-corrected chi connectivity index (χ0v) is 15.2. The quantitative estimate of drug-likeness (QED) is 0.595. The van der Waals surface area contributed by atoms with Gasteiger partial charge in [0.25, 0.3) is 0 Å². The first-order chi connectivity index (χ1) is 9.76. The summed E-state index contributed by atoms with van der Waals surface area (Å²) in [5.41, 5.74) is -0.587. The zero-order chi connectivity index (χ0) is 16.5. The maximum absolute atomic E-state index is 12.3. The standard InChI is InChI=1S/C17H36N2O2/c1-8-11-18-17(7,16(20)21-9-2)10-12-19(15(5)6)13-14(3)4/h14-15,18H,8-13H2,1-7H3. The molecule has 0 aromatic carbocycles. The SMILES string of the molecule is CCCNC(C)(CCN(CC(C)C)C(C)C)C(=O)OCC. The van der Waals surface area contributed by atoms with Crippen LogP contribution >= 0.6 is 0 Å². The number of nitrogens with zero attached hydrogens (tertiary/aromatic N) is 1. The van der Waals surface area contributed by atoms with Crippen LogP contribution in [0.15, 0.2) is 0 Å². The summed E-state index contributed by atoms with van der Waals surface area (Å²) in [6.07, 6.45) is 1.78. The smallest absolute Gasteiger partial charge is 0.326 e. The molecular weight excluding hydrogens is 264 g/mol. The lowest BCUT2D eigenvalue weighted by atomic mass is 9.96.